The zero-order chi connectivity index (χ0) is 15.9. The molecular weight excluding hydrogens is 411 g/mol. The summed E-state index contributed by atoms with van der Waals surface area (Å²) in [5.41, 5.74) is 6.55. The molecule has 7 nitrogen and oxygen atoms in total. The zero-order valence-corrected chi connectivity index (χ0v) is 15.3. The number of halogens is 1. The maximum Gasteiger partial charge on any atom is 0.229 e. The smallest absolute Gasteiger partial charge is 0.229 e. The van der Waals surface area contributed by atoms with Gasteiger partial charge in [0.05, 0.1) is 13.7 Å². The monoisotopic (exact) mass is 432 g/mol. The number of aliphatic imine (C=N–C) groups is 1. The molecule has 2 rings (SSSR count). The van der Waals surface area contributed by atoms with Gasteiger partial charge in [0.1, 0.15) is 5.75 Å². The average Bonchev–Trinajstić information content (AvgIpc) is 2.50. The molecule has 1 fully saturated rings. The van der Waals surface area contributed by atoms with Crippen LogP contribution in [0.3, 0.4) is 0 Å². The lowest BCUT2D eigenvalue weighted by Gasteiger charge is -2.23. The summed E-state index contributed by atoms with van der Waals surface area (Å²) in [6, 6.07) is 7.29. The Kier molecular flexibility index (Phi) is 7.79. The van der Waals surface area contributed by atoms with E-state index in [0.717, 1.165) is 5.69 Å². The van der Waals surface area contributed by atoms with Gasteiger partial charge in [-0.05, 0) is 18.6 Å². The van der Waals surface area contributed by atoms with Crippen LogP contribution in [0.25, 0.3) is 0 Å². The molecule has 0 aliphatic carbocycles. The number of nitrogens with zero attached hydrogens (tertiary/aromatic N) is 2. The Bertz CT molecular complexity index is 576. The van der Waals surface area contributed by atoms with E-state index in [9.17, 15) is 9.59 Å². The zero-order valence-electron chi connectivity index (χ0n) is 12.9. The summed E-state index contributed by atoms with van der Waals surface area (Å²) in [5, 5.41) is 2.94. The number of carbonyl (C=O) groups is 2. The number of methoxy groups -OCH3 is 1. The van der Waals surface area contributed by atoms with Crippen molar-refractivity contribution in [1.29, 1.82) is 0 Å². The fourth-order valence-electron chi connectivity index (χ4n) is 2.21. The molecule has 1 aromatic rings. The van der Waals surface area contributed by atoms with Crippen LogP contribution in [0.1, 0.15) is 19.3 Å². The largest absolute Gasteiger partial charge is 0.497 e. The molecule has 8 heteroatoms. The van der Waals surface area contributed by atoms with Crippen molar-refractivity contribution >= 4 is 47.4 Å². The van der Waals surface area contributed by atoms with Crippen LogP contribution in [0.15, 0.2) is 29.3 Å². The van der Waals surface area contributed by atoms with Gasteiger partial charge in [-0.3, -0.25) is 19.5 Å². The van der Waals surface area contributed by atoms with Crippen LogP contribution < -0.4 is 15.8 Å². The van der Waals surface area contributed by atoms with Gasteiger partial charge in [-0.2, -0.15) is 0 Å². The second-order valence-corrected chi connectivity index (χ2v) is 4.92. The van der Waals surface area contributed by atoms with Crippen molar-refractivity contribution in [2.45, 2.75) is 19.3 Å². The van der Waals surface area contributed by atoms with Crippen molar-refractivity contribution in [3.63, 3.8) is 0 Å². The predicted octanol–water partition coefficient (Wildman–Crippen LogP) is 1.58. The van der Waals surface area contributed by atoms with Gasteiger partial charge in [0, 0.05) is 31.1 Å². The molecule has 126 valence electrons. The first-order chi connectivity index (χ1) is 10.6. The third-order valence-corrected chi connectivity index (χ3v) is 3.33. The van der Waals surface area contributed by atoms with Crippen LogP contribution in [0.5, 0.6) is 5.75 Å². The highest BCUT2D eigenvalue weighted by molar-refractivity contribution is 14.0. The van der Waals surface area contributed by atoms with Crippen molar-refractivity contribution in [2.75, 3.05) is 25.5 Å². The molecule has 23 heavy (non-hydrogen) atoms. The number of anilines is 1. The number of carbonyl (C=O) groups excluding carboxylic acids is 2. The number of likely N-dealkylation sites (tertiary alicyclic amines) is 1. The molecule has 0 radical (unpaired) electrons. The molecule has 1 aromatic carbocycles. The van der Waals surface area contributed by atoms with Gasteiger partial charge < -0.3 is 15.8 Å². The molecule has 0 saturated carbocycles. The highest BCUT2D eigenvalue weighted by Crippen LogP contribution is 2.16. The number of guanidine groups is 1. The van der Waals surface area contributed by atoms with Crippen molar-refractivity contribution in [3.8, 4) is 5.75 Å². The molecular formula is C15H21IN4O3. The summed E-state index contributed by atoms with van der Waals surface area (Å²) in [5.74, 6) is 0.670. The number of piperidine rings is 1. The number of nitrogens with one attached hydrogen (secondary N) is 1. The maximum absolute atomic E-state index is 11.6. The van der Waals surface area contributed by atoms with Crippen LogP contribution in [0.4, 0.5) is 5.69 Å². The van der Waals surface area contributed by atoms with E-state index in [4.69, 9.17) is 10.5 Å². The second kappa shape index (κ2) is 9.33. The first-order valence-corrected chi connectivity index (χ1v) is 7.14. The maximum atomic E-state index is 11.6. The second-order valence-electron chi connectivity index (χ2n) is 4.92. The number of hydrogen-bond acceptors (Lipinski definition) is 4. The van der Waals surface area contributed by atoms with Crippen LogP contribution in [-0.4, -0.2) is 42.9 Å². The SMILES string of the molecule is COc1cccc(NC(N)=NCCN2C(=O)CCCC2=O)c1.I. The lowest BCUT2D eigenvalue weighted by atomic mass is 10.1. The molecule has 0 aromatic heterocycles. The molecule has 0 atom stereocenters. The Morgan fingerprint density at radius 1 is 1.35 bits per heavy atom. The third-order valence-electron chi connectivity index (χ3n) is 3.33. The Hall–Kier alpha value is -1.84. The molecule has 1 heterocycles. The summed E-state index contributed by atoms with van der Waals surface area (Å²) in [4.78, 5) is 28.7. The van der Waals surface area contributed by atoms with Gasteiger partial charge in [0.15, 0.2) is 5.96 Å². The van der Waals surface area contributed by atoms with E-state index < -0.39 is 0 Å². The van der Waals surface area contributed by atoms with E-state index in [0.29, 0.717) is 25.0 Å². The molecule has 1 aliphatic rings. The van der Waals surface area contributed by atoms with Crippen molar-refractivity contribution < 1.29 is 14.3 Å². The van der Waals surface area contributed by atoms with Crippen LogP contribution in [-0.2, 0) is 9.59 Å². The van der Waals surface area contributed by atoms with Gasteiger partial charge in [-0.1, -0.05) is 6.07 Å². The van der Waals surface area contributed by atoms with Crippen molar-refractivity contribution in [2.24, 2.45) is 10.7 Å². The number of benzene rings is 1. The first kappa shape index (κ1) is 19.2. The van der Waals surface area contributed by atoms with Gasteiger partial charge in [-0.15, -0.1) is 24.0 Å². The Balaban J connectivity index is 0.00000264. The third kappa shape index (κ3) is 5.70. The Morgan fingerprint density at radius 2 is 2.04 bits per heavy atom. The summed E-state index contributed by atoms with van der Waals surface area (Å²) in [7, 11) is 1.59. The van der Waals surface area contributed by atoms with E-state index in [-0.39, 0.29) is 54.8 Å². The van der Waals surface area contributed by atoms with Gasteiger partial charge in [0.2, 0.25) is 11.8 Å². The topological polar surface area (TPSA) is 97.0 Å². The van der Waals surface area contributed by atoms with Gasteiger partial charge in [-0.25, -0.2) is 0 Å². The van der Waals surface area contributed by atoms with Crippen molar-refractivity contribution in [3.05, 3.63) is 24.3 Å². The lowest BCUT2D eigenvalue weighted by Crippen LogP contribution is -2.41. The minimum Gasteiger partial charge on any atom is -0.497 e. The molecule has 1 aliphatic heterocycles. The fourth-order valence-corrected chi connectivity index (χ4v) is 2.21. The van der Waals surface area contributed by atoms with Crippen LogP contribution in [0, 0.1) is 0 Å². The molecule has 2 amide bonds. The predicted molar refractivity (Wildman–Crippen MR) is 99.1 cm³/mol. The Labute approximate surface area is 152 Å². The van der Waals surface area contributed by atoms with Gasteiger partial charge in [0.25, 0.3) is 0 Å². The normalized spacial score (nSPS) is 15.2. The lowest BCUT2D eigenvalue weighted by molar-refractivity contribution is -0.147. The fraction of sp³-hybridized carbons (Fsp3) is 0.400. The van der Waals surface area contributed by atoms with E-state index in [2.05, 4.69) is 10.3 Å². The first-order valence-electron chi connectivity index (χ1n) is 7.14. The number of nitrogens with two attached hydrogens (primary N) is 1. The molecule has 0 spiro atoms. The standard InChI is InChI=1S/C15H20N4O3.HI/c1-22-12-5-2-4-11(10-12)18-15(16)17-8-9-19-13(20)6-3-7-14(19)21;/h2,4-5,10H,3,6-9H2,1H3,(H3,16,17,18);1H. The highest BCUT2D eigenvalue weighted by Gasteiger charge is 2.24. The molecule has 0 bridgehead atoms. The molecule has 3 N–H and O–H groups in total. The Morgan fingerprint density at radius 3 is 2.70 bits per heavy atom. The summed E-state index contributed by atoms with van der Waals surface area (Å²) >= 11 is 0. The number of ether oxygens (including phenoxy) is 1. The average molecular weight is 432 g/mol. The van der Waals surface area contributed by atoms with Crippen LogP contribution in [0.2, 0.25) is 0 Å². The van der Waals surface area contributed by atoms with Gasteiger partial charge >= 0.3 is 0 Å². The number of imide groups is 1. The molecule has 0 unspecified atom stereocenters. The number of rotatable bonds is 5. The van der Waals surface area contributed by atoms with E-state index in [1.807, 2.05) is 18.2 Å². The minimum atomic E-state index is -0.134. The molecule has 1 saturated heterocycles. The quantitative estimate of drug-likeness (QED) is 0.319. The minimum absolute atomic E-state index is 0. The highest BCUT2D eigenvalue weighted by atomic mass is 127. The van der Waals surface area contributed by atoms with Crippen molar-refractivity contribution in [1.82, 2.24) is 4.90 Å². The van der Waals surface area contributed by atoms with E-state index in [1.165, 1.54) is 4.90 Å². The summed E-state index contributed by atoms with van der Waals surface area (Å²) < 4.78 is 5.12. The summed E-state index contributed by atoms with van der Waals surface area (Å²) in [6.45, 7) is 0.540. The van der Waals surface area contributed by atoms with E-state index >= 15 is 0 Å². The van der Waals surface area contributed by atoms with Crippen LogP contribution >= 0.6 is 24.0 Å². The number of amides is 2. The van der Waals surface area contributed by atoms with E-state index in [1.54, 1.807) is 13.2 Å². The number of hydrogen-bond donors (Lipinski definition) is 2. The summed E-state index contributed by atoms with van der Waals surface area (Å²) in [6.07, 6.45) is 1.48.